The Morgan fingerprint density at radius 1 is 1.20 bits per heavy atom. The van der Waals surface area contributed by atoms with Crippen molar-refractivity contribution in [1.29, 1.82) is 0 Å². The van der Waals surface area contributed by atoms with Gasteiger partial charge in [0, 0.05) is 0 Å². The van der Waals surface area contributed by atoms with Gasteiger partial charge in [-0.2, -0.15) is 0 Å². The standard InChI is InChI=1S/C15H23BO4/c1-10-7-8-11(13(17)18)9-12(10)16(19)20-15(5,6)14(2,3)4/h7-9,19H,1-6H3,(H,17,18). The lowest BCUT2D eigenvalue weighted by atomic mass is 9.71. The van der Waals surface area contributed by atoms with Crippen LogP contribution >= 0.6 is 0 Å². The highest BCUT2D eigenvalue weighted by Gasteiger charge is 2.38. The smallest absolute Gasteiger partial charge is 0.478 e. The van der Waals surface area contributed by atoms with Crippen molar-refractivity contribution in [2.24, 2.45) is 5.41 Å². The highest BCUT2D eigenvalue weighted by atomic mass is 16.5. The van der Waals surface area contributed by atoms with Crippen LogP contribution in [0.5, 0.6) is 0 Å². The van der Waals surface area contributed by atoms with E-state index in [1.807, 2.05) is 41.5 Å². The third-order valence-corrected chi connectivity index (χ3v) is 4.00. The average molecular weight is 278 g/mol. The number of aryl methyl sites for hydroxylation is 1. The molecule has 0 amide bonds. The molecule has 0 atom stereocenters. The fourth-order valence-electron chi connectivity index (χ4n) is 1.56. The summed E-state index contributed by atoms with van der Waals surface area (Å²) in [5.74, 6) is -1.02. The molecule has 0 radical (unpaired) electrons. The fourth-order valence-corrected chi connectivity index (χ4v) is 1.56. The van der Waals surface area contributed by atoms with Crippen molar-refractivity contribution < 1.29 is 19.6 Å². The number of hydrogen-bond donors (Lipinski definition) is 2. The molecular formula is C15H23BO4. The molecule has 20 heavy (non-hydrogen) atoms. The first kappa shape index (κ1) is 16.7. The van der Waals surface area contributed by atoms with Crippen LogP contribution in [0.2, 0.25) is 0 Å². The van der Waals surface area contributed by atoms with E-state index in [0.29, 0.717) is 5.46 Å². The molecule has 0 unspecified atom stereocenters. The zero-order chi connectivity index (χ0) is 15.7. The van der Waals surface area contributed by atoms with Crippen molar-refractivity contribution in [2.75, 3.05) is 0 Å². The van der Waals surface area contributed by atoms with E-state index in [2.05, 4.69) is 0 Å². The molecule has 1 aromatic rings. The summed E-state index contributed by atoms with van der Waals surface area (Å²) in [5.41, 5.74) is 0.709. The van der Waals surface area contributed by atoms with Crippen molar-refractivity contribution in [1.82, 2.24) is 0 Å². The first-order valence-corrected chi connectivity index (χ1v) is 6.65. The van der Waals surface area contributed by atoms with Crippen molar-refractivity contribution in [2.45, 2.75) is 47.1 Å². The number of carboxylic acid groups (broad SMARTS) is 1. The molecule has 0 saturated heterocycles. The zero-order valence-corrected chi connectivity index (χ0v) is 13.0. The Hall–Kier alpha value is -1.33. The normalized spacial score (nSPS) is 12.3. The van der Waals surface area contributed by atoms with E-state index >= 15 is 0 Å². The minimum atomic E-state index is -1.15. The van der Waals surface area contributed by atoms with Crippen LogP contribution in [-0.4, -0.2) is 28.8 Å². The summed E-state index contributed by atoms with van der Waals surface area (Å²) in [6, 6.07) is 4.65. The van der Waals surface area contributed by atoms with Crippen LogP contribution in [0.1, 0.15) is 50.5 Å². The van der Waals surface area contributed by atoms with Crippen molar-refractivity contribution in [3.63, 3.8) is 0 Å². The molecule has 2 N–H and O–H groups in total. The molecule has 0 heterocycles. The molecule has 0 aliphatic rings. The van der Waals surface area contributed by atoms with E-state index in [-0.39, 0.29) is 11.0 Å². The van der Waals surface area contributed by atoms with E-state index in [4.69, 9.17) is 9.76 Å². The van der Waals surface area contributed by atoms with E-state index in [0.717, 1.165) is 5.56 Å². The van der Waals surface area contributed by atoms with Gasteiger partial charge in [-0.15, -0.1) is 0 Å². The monoisotopic (exact) mass is 278 g/mol. The Morgan fingerprint density at radius 3 is 2.20 bits per heavy atom. The number of carbonyl (C=O) groups is 1. The average Bonchev–Trinajstić information content (AvgIpc) is 2.26. The first-order chi connectivity index (χ1) is 8.95. The lowest BCUT2D eigenvalue weighted by Crippen LogP contribution is -2.49. The molecule has 0 aliphatic carbocycles. The van der Waals surface area contributed by atoms with Crippen molar-refractivity contribution in [3.05, 3.63) is 29.3 Å². The van der Waals surface area contributed by atoms with Gasteiger partial charge < -0.3 is 14.8 Å². The summed E-state index contributed by atoms with van der Waals surface area (Å²) in [7, 11) is -1.15. The van der Waals surface area contributed by atoms with Gasteiger partial charge in [-0.3, -0.25) is 0 Å². The molecule has 0 saturated carbocycles. The SMILES string of the molecule is Cc1ccc(C(=O)O)cc1B(O)OC(C)(C)C(C)(C)C. The minimum absolute atomic E-state index is 0.141. The van der Waals surface area contributed by atoms with Gasteiger partial charge in [-0.25, -0.2) is 4.79 Å². The van der Waals surface area contributed by atoms with Gasteiger partial charge in [-0.05, 0) is 43.8 Å². The van der Waals surface area contributed by atoms with Crippen molar-refractivity contribution >= 4 is 18.6 Å². The Kier molecular flexibility index (Phi) is 4.67. The van der Waals surface area contributed by atoms with Crippen LogP contribution in [0, 0.1) is 12.3 Å². The second-order valence-electron chi connectivity index (χ2n) is 6.61. The van der Waals surface area contributed by atoms with Gasteiger partial charge in [0.25, 0.3) is 0 Å². The van der Waals surface area contributed by atoms with Crippen LogP contribution in [0.15, 0.2) is 18.2 Å². The number of aromatic carboxylic acids is 1. The van der Waals surface area contributed by atoms with Crippen molar-refractivity contribution in [3.8, 4) is 0 Å². The van der Waals surface area contributed by atoms with Gasteiger partial charge in [0.05, 0.1) is 11.2 Å². The van der Waals surface area contributed by atoms with Crippen LogP contribution in [0.25, 0.3) is 0 Å². The topological polar surface area (TPSA) is 66.8 Å². The Balaban J connectivity index is 3.07. The summed E-state index contributed by atoms with van der Waals surface area (Å²) in [4.78, 5) is 11.0. The zero-order valence-electron chi connectivity index (χ0n) is 13.0. The Morgan fingerprint density at radius 2 is 1.75 bits per heavy atom. The van der Waals surface area contributed by atoms with Gasteiger partial charge >= 0.3 is 13.1 Å². The van der Waals surface area contributed by atoms with Crippen LogP contribution in [-0.2, 0) is 4.65 Å². The molecule has 110 valence electrons. The molecule has 4 nitrogen and oxygen atoms in total. The lowest BCUT2D eigenvalue weighted by Gasteiger charge is -2.40. The number of benzene rings is 1. The van der Waals surface area contributed by atoms with E-state index in [1.165, 1.54) is 12.1 Å². The second-order valence-corrected chi connectivity index (χ2v) is 6.61. The Labute approximate surface area is 120 Å². The summed E-state index contributed by atoms with van der Waals surface area (Å²) in [6.07, 6.45) is 0. The fraction of sp³-hybridized carbons (Fsp3) is 0.533. The van der Waals surface area contributed by atoms with Gasteiger partial charge in [0.1, 0.15) is 0 Å². The maximum absolute atomic E-state index is 11.0. The van der Waals surface area contributed by atoms with E-state index in [9.17, 15) is 9.82 Å². The molecule has 0 aromatic heterocycles. The van der Waals surface area contributed by atoms with E-state index < -0.39 is 18.7 Å². The number of carboxylic acids is 1. The Bertz CT molecular complexity index is 503. The van der Waals surface area contributed by atoms with Crippen LogP contribution in [0.3, 0.4) is 0 Å². The first-order valence-electron chi connectivity index (χ1n) is 6.65. The van der Waals surface area contributed by atoms with Gasteiger partial charge in [0.15, 0.2) is 0 Å². The quantitative estimate of drug-likeness (QED) is 0.829. The number of hydrogen-bond acceptors (Lipinski definition) is 3. The molecule has 0 fully saturated rings. The minimum Gasteiger partial charge on any atom is -0.478 e. The highest BCUT2D eigenvalue weighted by molar-refractivity contribution is 6.60. The molecular weight excluding hydrogens is 255 g/mol. The predicted octanol–water partition coefficient (Wildman–Crippen LogP) is 2.22. The third kappa shape index (κ3) is 3.61. The lowest BCUT2D eigenvalue weighted by molar-refractivity contribution is -0.0129. The van der Waals surface area contributed by atoms with E-state index in [1.54, 1.807) is 6.07 Å². The summed E-state index contributed by atoms with van der Waals surface area (Å²) in [6.45, 7) is 11.7. The van der Waals surface area contributed by atoms with Gasteiger partial charge in [0.2, 0.25) is 0 Å². The molecule has 1 aromatic carbocycles. The maximum atomic E-state index is 11.0. The molecule has 1 rings (SSSR count). The number of rotatable bonds is 4. The third-order valence-electron chi connectivity index (χ3n) is 4.00. The summed E-state index contributed by atoms with van der Waals surface area (Å²) in [5, 5.41) is 19.3. The highest BCUT2D eigenvalue weighted by Crippen LogP contribution is 2.33. The molecule has 0 aliphatic heterocycles. The summed E-state index contributed by atoms with van der Waals surface area (Å²) >= 11 is 0. The predicted molar refractivity (Wildman–Crippen MR) is 80.4 cm³/mol. The molecule has 0 bridgehead atoms. The maximum Gasteiger partial charge on any atom is 0.491 e. The van der Waals surface area contributed by atoms with Gasteiger partial charge in [-0.1, -0.05) is 32.4 Å². The largest absolute Gasteiger partial charge is 0.491 e. The molecule has 5 heteroatoms. The van der Waals surface area contributed by atoms with Crippen LogP contribution in [0.4, 0.5) is 0 Å². The second kappa shape index (κ2) is 5.58. The van der Waals surface area contributed by atoms with Crippen LogP contribution < -0.4 is 5.46 Å². The summed E-state index contributed by atoms with van der Waals surface area (Å²) < 4.78 is 5.77. The molecule has 0 spiro atoms.